The Bertz CT molecular complexity index is 745. The molecule has 0 saturated heterocycles. The van der Waals surface area contributed by atoms with Crippen molar-refractivity contribution in [2.75, 3.05) is 11.6 Å². The monoisotopic (exact) mass is 311 g/mol. The standard InChI is InChI=1S/C12H10ClN3O3S/c1-20(18,19)9-4-2-8(3-5-9)15-12(17)10-6-14-7-11(13)16-10/h2-7H,1H3,(H,15,17). The predicted molar refractivity (Wildman–Crippen MR) is 74.5 cm³/mol. The zero-order valence-corrected chi connectivity index (χ0v) is 11.9. The van der Waals surface area contributed by atoms with Gasteiger partial charge >= 0.3 is 0 Å². The molecule has 0 aliphatic rings. The van der Waals surface area contributed by atoms with Crippen LogP contribution in [0.4, 0.5) is 5.69 Å². The molecule has 1 N–H and O–H groups in total. The molecule has 0 aliphatic carbocycles. The Morgan fingerprint density at radius 2 is 1.85 bits per heavy atom. The minimum absolute atomic E-state index is 0.0738. The van der Waals surface area contributed by atoms with Crippen molar-refractivity contribution >= 4 is 33.0 Å². The van der Waals surface area contributed by atoms with Crippen molar-refractivity contribution in [3.8, 4) is 0 Å². The van der Waals surface area contributed by atoms with E-state index in [1.807, 2.05) is 0 Å². The molecular formula is C12H10ClN3O3S. The van der Waals surface area contributed by atoms with Crippen molar-refractivity contribution < 1.29 is 13.2 Å². The molecule has 104 valence electrons. The second-order valence-electron chi connectivity index (χ2n) is 3.98. The van der Waals surface area contributed by atoms with Gasteiger partial charge in [-0.1, -0.05) is 11.6 Å². The number of hydrogen-bond donors (Lipinski definition) is 1. The van der Waals surface area contributed by atoms with Crippen molar-refractivity contribution in [1.29, 1.82) is 0 Å². The lowest BCUT2D eigenvalue weighted by Gasteiger charge is -2.05. The summed E-state index contributed by atoms with van der Waals surface area (Å²) in [5, 5.41) is 2.68. The molecule has 1 heterocycles. The number of halogens is 1. The van der Waals surface area contributed by atoms with E-state index in [1.165, 1.54) is 36.7 Å². The first-order valence-corrected chi connectivity index (χ1v) is 7.72. The van der Waals surface area contributed by atoms with Crippen molar-refractivity contribution in [1.82, 2.24) is 9.97 Å². The SMILES string of the molecule is CS(=O)(=O)c1ccc(NC(=O)c2cncc(Cl)n2)cc1. The van der Waals surface area contributed by atoms with Gasteiger partial charge < -0.3 is 5.32 Å². The first-order chi connectivity index (χ1) is 9.36. The predicted octanol–water partition coefficient (Wildman–Crippen LogP) is 1.79. The largest absolute Gasteiger partial charge is 0.321 e. The lowest BCUT2D eigenvalue weighted by atomic mass is 10.3. The summed E-state index contributed by atoms with van der Waals surface area (Å²) in [5.74, 6) is -0.480. The van der Waals surface area contributed by atoms with Crippen LogP contribution in [-0.4, -0.2) is 30.5 Å². The Morgan fingerprint density at radius 1 is 1.20 bits per heavy atom. The topological polar surface area (TPSA) is 89.0 Å². The summed E-state index contributed by atoms with van der Waals surface area (Å²) in [6.45, 7) is 0. The van der Waals surface area contributed by atoms with Gasteiger partial charge in [0.2, 0.25) is 0 Å². The van der Waals surface area contributed by atoms with E-state index in [4.69, 9.17) is 11.6 Å². The Labute approximate surface area is 120 Å². The fraction of sp³-hybridized carbons (Fsp3) is 0.0833. The van der Waals surface area contributed by atoms with Gasteiger partial charge in [0.15, 0.2) is 9.84 Å². The van der Waals surface area contributed by atoms with Gasteiger partial charge in [0.25, 0.3) is 5.91 Å². The Morgan fingerprint density at radius 3 is 2.40 bits per heavy atom. The van der Waals surface area contributed by atoms with Crippen LogP contribution in [0.1, 0.15) is 10.5 Å². The molecule has 0 unspecified atom stereocenters. The van der Waals surface area contributed by atoms with E-state index in [2.05, 4.69) is 15.3 Å². The molecule has 0 radical (unpaired) electrons. The smallest absolute Gasteiger partial charge is 0.275 e. The molecule has 0 aliphatic heterocycles. The number of carbonyl (C=O) groups excluding carboxylic acids is 1. The minimum Gasteiger partial charge on any atom is -0.321 e. The average molecular weight is 312 g/mol. The maximum absolute atomic E-state index is 11.9. The highest BCUT2D eigenvalue weighted by atomic mass is 35.5. The molecule has 0 saturated carbocycles. The molecule has 1 aromatic heterocycles. The van der Waals surface area contributed by atoms with Gasteiger partial charge in [-0.25, -0.2) is 13.4 Å². The lowest BCUT2D eigenvalue weighted by molar-refractivity contribution is 0.102. The van der Waals surface area contributed by atoms with E-state index in [-0.39, 0.29) is 15.7 Å². The molecule has 6 nitrogen and oxygen atoms in total. The zero-order chi connectivity index (χ0) is 14.8. The number of hydrogen-bond acceptors (Lipinski definition) is 5. The molecule has 2 rings (SSSR count). The van der Waals surface area contributed by atoms with E-state index in [0.29, 0.717) is 5.69 Å². The number of nitrogens with zero attached hydrogens (tertiary/aromatic N) is 2. The summed E-state index contributed by atoms with van der Waals surface area (Å²) in [4.78, 5) is 19.6. The van der Waals surface area contributed by atoms with Crippen LogP contribution < -0.4 is 5.32 Å². The molecule has 0 fully saturated rings. The third-order valence-electron chi connectivity index (χ3n) is 2.38. The first-order valence-electron chi connectivity index (χ1n) is 5.45. The summed E-state index contributed by atoms with van der Waals surface area (Å²) < 4.78 is 22.6. The molecule has 8 heteroatoms. The third-order valence-corrected chi connectivity index (χ3v) is 3.69. The summed E-state index contributed by atoms with van der Waals surface area (Å²) in [6, 6.07) is 5.81. The van der Waals surface area contributed by atoms with Crippen LogP contribution in [0, 0.1) is 0 Å². The number of amides is 1. The molecular weight excluding hydrogens is 302 g/mol. The number of nitrogens with one attached hydrogen (secondary N) is 1. The van der Waals surface area contributed by atoms with Gasteiger partial charge in [0.1, 0.15) is 10.8 Å². The number of rotatable bonds is 3. The molecule has 0 spiro atoms. The summed E-state index contributed by atoms with van der Waals surface area (Å²) >= 11 is 5.64. The number of anilines is 1. The minimum atomic E-state index is -3.26. The van der Waals surface area contributed by atoms with E-state index in [0.717, 1.165) is 6.26 Å². The van der Waals surface area contributed by atoms with Crippen molar-refractivity contribution in [3.05, 3.63) is 47.5 Å². The van der Waals surface area contributed by atoms with Crippen LogP contribution in [0.15, 0.2) is 41.6 Å². The van der Waals surface area contributed by atoms with Crippen LogP contribution in [0.3, 0.4) is 0 Å². The highest BCUT2D eigenvalue weighted by Crippen LogP contribution is 2.14. The molecule has 0 atom stereocenters. The third kappa shape index (κ3) is 3.52. The van der Waals surface area contributed by atoms with Gasteiger partial charge in [0.05, 0.1) is 17.3 Å². The van der Waals surface area contributed by atoms with Gasteiger partial charge in [0, 0.05) is 11.9 Å². The maximum atomic E-state index is 11.9. The normalized spacial score (nSPS) is 11.1. The summed E-state index contributed by atoms with van der Waals surface area (Å²) in [6.07, 6.45) is 3.72. The van der Waals surface area contributed by atoms with Crippen LogP contribution >= 0.6 is 11.6 Å². The second kappa shape index (κ2) is 5.56. The number of benzene rings is 1. The van der Waals surface area contributed by atoms with E-state index in [1.54, 1.807) is 0 Å². The Balaban J connectivity index is 2.16. The number of aromatic nitrogens is 2. The van der Waals surface area contributed by atoms with E-state index < -0.39 is 15.7 Å². The highest BCUT2D eigenvalue weighted by Gasteiger charge is 2.10. The molecule has 0 bridgehead atoms. The van der Waals surface area contributed by atoms with Gasteiger partial charge in [-0.2, -0.15) is 0 Å². The van der Waals surface area contributed by atoms with Crippen molar-refractivity contribution in [2.24, 2.45) is 0 Å². The van der Waals surface area contributed by atoms with Crippen LogP contribution in [0.5, 0.6) is 0 Å². The quantitative estimate of drug-likeness (QED) is 0.933. The first kappa shape index (κ1) is 14.4. The number of carbonyl (C=O) groups is 1. The summed E-state index contributed by atoms with van der Waals surface area (Å²) in [7, 11) is -3.26. The lowest BCUT2D eigenvalue weighted by Crippen LogP contribution is -2.14. The average Bonchev–Trinajstić information content (AvgIpc) is 2.38. The van der Waals surface area contributed by atoms with Crippen LogP contribution in [0.25, 0.3) is 0 Å². The fourth-order valence-corrected chi connectivity index (χ4v) is 2.21. The molecule has 2 aromatic rings. The van der Waals surface area contributed by atoms with Gasteiger partial charge in [-0.05, 0) is 24.3 Å². The fourth-order valence-electron chi connectivity index (χ4n) is 1.43. The Kier molecular flexibility index (Phi) is 4.01. The van der Waals surface area contributed by atoms with Crippen molar-refractivity contribution in [3.63, 3.8) is 0 Å². The van der Waals surface area contributed by atoms with Gasteiger partial charge in [-0.3, -0.25) is 9.78 Å². The summed E-state index contributed by atoms with van der Waals surface area (Å²) in [5.41, 5.74) is 0.522. The van der Waals surface area contributed by atoms with Gasteiger partial charge in [-0.15, -0.1) is 0 Å². The number of sulfone groups is 1. The maximum Gasteiger partial charge on any atom is 0.275 e. The van der Waals surface area contributed by atoms with E-state index in [9.17, 15) is 13.2 Å². The Hall–Kier alpha value is -1.99. The van der Waals surface area contributed by atoms with Crippen LogP contribution in [-0.2, 0) is 9.84 Å². The molecule has 1 aromatic carbocycles. The second-order valence-corrected chi connectivity index (χ2v) is 6.38. The highest BCUT2D eigenvalue weighted by molar-refractivity contribution is 7.90. The van der Waals surface area contributed by atoms with E-state index >= 15 is 0 Å². The molecule has 20 heavy (non-hydrogen) atoms. The van der Waals surface area contributed by atoms with Crippen LogP contribution in [0.2, 0.25) is 5.15 Å². The van der Waals surface area contributed by atoms with Crippen molar-refractivity contribution in [2.45, 2.75) is 4.90 Å². The zero-order valence-electron chi connectivity index (χ0n) is 10.4. The molecule has 1 amide bonds.